The maximum atomic E-state index is 6.22. The summed E-state index contributed by atoms with van der Waals surface area (Å²) in [6.07, 6.45) is 0.0214. The Morgan fingerprint density at radius 2 is 1.86 bits per heavy atom. The van der Waals surface area contributed by atoms with E-state index in [2.05, 4.69) is 82.1 Å². The third kappa shape index (κ3) is 4.29. The van der Waals surface area contributed by atoms with E-state index in [4.69, 9.17) is 4.74 Å². The zero-order valence-electron chi connectivity index (χ0n) is 17.2. The fraction of sp³-hybridized carbons (Fsp3) is 0.381. The molecule has 2 atom stereocenters. The Kier molecular flexibility index (Phi) is 5.84. The SMILES string of the molecule is Cc1cccc(C)c1-n1nnnc1SC[C@@H]1CN[C@H](c2ccc(N(C)C)cc2)O1. The Hall–Kier alpha value is -2.42. The van der Waals surface area contributed by atoms with Gasteiger partial charge in [-0.1, -0.05) is 42.1 Å². The molecule has 0 saturated carbocycles. The van der Waals surface area contributed by atoms with Crippen molar-refractivity contribution in [1.82, 2.24) is 25.5 Å². The minimum Gasteiger partial charge on any atom is -0.378 e. The fourth-order valence-corrected chi connectivity index (χ4v) is 4.36. The Morgan fingerprint density at radius 3 is 2.55 bits per heavy atom. The van der Waals surface area contributed by atoms with E-state index in [0.29, 0.717) is 0 Å². The molecule has 1 aromatic heterocycles. The maximum Gasteiger partial charge on any atom is 0.214 e. The number of nitrogens with zero attached hydrogens (tertiary/aromatic N) is 5. The van der Waals surface area contributed by atoms with Gasteiger partial charge < -0.3 is 9.64 Å². The lowest BCUT2D eigenvalue weighted by atomic mass is 10.1. The van der Waals surface area contributed by atoms with Crippen molar-refractivity contribution in [2.45, 2.75) is 31.3 Å². The van der Waals surface area contributed by atoms with E-state index in [9.17, 15) is 0 Å². The number of para-hydroxylation sites is 1. The first-order valence-corrected chi connectivity index (χ1v) is 10.7. The quantitative estimate of drug-likeness (QED) is 0.626. The van der Waals surface area contributed by atoms with Gasteiger partial charge in [0.15, 0.2) is 0 Å². The average molecular weight is 411 g/mol. The van der Waals surface area contributed by atoms with Crippen LogP contribution in [0.25, 0.3) is 5.69 Å². The number of nitrogens with one attached hydrogen (secondary N) is 1. The molecule has 8 heteroatoms. The highest BCUT2D eigenvalue weighted by Gasteiger charge is 2.27. The maximum absolute atomic E-state index is 6.22. The molecule has 2 heterocycles. The summed E-state index contributed by atoms with van der Waals surface area (Å²) in [5.74, 6) is 0.782. The number of hydrogen-bond donors (Lipinski definition) is 1. The van der Waals surface area contributed by atoms with Crippen molar-refractivity contribution in [3.05, 3.63) is 59.2 Å². The van der Waals surface area contributed by atoms with Gasteiger partial charge in [0.1, 0.15) is 6.23 Å². The summed E-state index contributed by atoms with van der Waals surface area (Å²) in [4.78, 5) is 2.09. The number of benzene rings is 2. The second-order valence-electron chi connectivity index (χ2n) is 7.46. The standard InChI is InChI=1S/C21H26N6OS/c1-14-6-5-7-15(2)19(14)27-21(23-24-25-27)29-13-18-12-22-20(28-18)16-8-10-17(11-9-16)26(3)4/h5-11,18,20,22H,12-13H2,1-4H3/t18-,20-/m0/s1. The summed E-state index contributed by atoms with van der Waals surface area (Å²) in [7, 11) is 4.08. The molecule has 1 aliphatic heterocycles. The van der Waals surface area contributed by atoms with E-state index in [1.807, 2.05) is 18.8 Å². The first kappa shape index (κ1) is 19.9. The highest BCUT2D eigenvalue weighted by molar-refractivity contribution is 7.99. The van der Waals surface area contributed by atoms with Crippen LogP contribution in [0, 0.1) is 13.8 Å². The van der Waals surface area contributed by atoms with Crippen molar-refractivity contribution >= 4 is 17.4 Å². The van der Waals surface area contributed by atoms with Crippen LogP contribution < -0.4 is 10.2 Å². The molecule has 0 radical (unpaired) electrons. The van der Waals surface area contributed by atoms with Gasteiger partial charge in [-0.05, 0) is 53.1 Å². The van der Waals surface area contributed by atoms with E-state index in [1.165, 1.54) is 5.69 Å². The Bertz CT molecular complexity index is 951. The van der Waals surface area contributed by atoms with Crippen LogP contribution in [-0.4, -0.2) is 52.7 Å². The summed E-state index contributed by atoms with van der Waals surface area (Å²) in [5.41, 5.74) is 5.67. The number of thioether (sulfide) groups is 1. The summed E-state index contributed by atoms with van der Waals surface area (Å²) in [5, 5.41) is 16.6. The van der Waals surface area contributed by atoms with Crippen molar-refractivity contribution in [1.29, 1.82) is 0 Å². The molecule has 152 valence electrons. The monoisotopic (exact) mass is 410 g/mol. The third-order valence-electron chi connectivity index (χ3n) is 5.06. The van der Waals surface area contributed by atoms with E-state index in [-0.39, 0.29) is 12.3 Å². The van der Waals surface area contributed by atoms with Gasteiger partial charge in [0.2, 0.25) is 5.16 Å². The van der Waals surface area contributed by atoms with Crippen molar-refractivity contribution in [3.8, 4) is 5.69 Å². The van der Waals surface area contributed by atoms with Gasteiger partial charge in [0, 0.05) is 32.1 Å². The van der Waals surface area contributed by atoms with Crippen molar-refractivity contribution < 1.29 is 4.74 Å². The minimum atomic E-state index is -0.0774. The fourth-order valence-electron chi connectivity index (χ4n) is 3.49. The zero-order chi connectivity index (χ0) is 20.4. The molecule has 0 spiro atoms. The smallest absolute Gasteiger partial charge is 0.214 e. The number of tetrazole rings is 1. The number of hydrogen-bond acceptors (Lipinski definition) is 7. The van der Waals surface area contributed by atoms with Crippen LogP contribution in [0.2, 0.25) is 0 Å². The van der Waals surface area contributed by atoms with E-state index in [0.717, 1.165) is 39.8 Å². The summed E-state index contributed by atoms with van der Waals surface area (Å²) in [6, 6.07) is 14.7. The number of anilines is 1. The van der Waals surface area contributed by atoms with Crippen LogP contribution in [-0.2, 0) is 4.74 Å². The molecule has 1 aliphatic rings. The zero-order valence-corrected chi connectivity index (χ0v) is 18.0. The van der Waals surface area contributed by atoms with Crippen LogP contribution in [0.15, 0.2) is 47.6 Å². The second-order valence-corrected chi connectivity index (χ2v) is 8.44. The molecule has 0 aliphatic carbocycles. The second kappa shape index (κ2) is 8.52. The Morgan fingerprint density at radius 1 is 1.14 bits per heavy atom. The molecule has 0 amide bonds. The lowest BCUT2D eigenvalue weighted by Gasteiger charge is -2.16. The minimum absolute atomic E-state index is 0.0774. The summed E-state index contributed by atoms with van der Waals surface area (Å²) >= 11 is 1.62. The van der Waals surface area contributed by atoms with E-state index >= 15 is 0 Å². The van der Waals surface area contributed by atoms with Gasteiger partial charge in [-0.15, -0.1) is 5.10 Å². The van der Waals surface area contributed by atoms with Crippen LogP contribution >= 0.6 is 11.8 Å². The lowest BCUT2D eigenvalue weighted by Crippen LogP contribution is -2.17. The summed E-state index contributed by atoms with van der Waals surface area (Å²) in [6.45, 7) is 4.96. The molecule has 0 unspecified atom stereocenters. The normalized spacial score (nSPS) is 18.9. The molecule has 29 heavy (non-hydrogen) atoms. The molecule has 2 aromatic carbocycles. The van der Waals surface area contributed by atoms with Gasteiger partial charge in [-0.2, -0.15) is 4.68 Å². The molecule has 1 fully saturated rings. The predicted octanol–water partition coefficient (Wildman–Crippen LogP) is 3.12. The first-order valence-electron chi connectivity index (χ1n) is 9.67. The highest BCUT2D eigenvalue weighted by Crippen LogP contribution is 2.28. The number of aryl methyl sites for hydroxylation is 2. The van der Waals surface area contributed by atoms with Gasteiger partial charge in [0.25, 0.3) is 0 Å². The van der Waals surface area contributed by atoms with Crippen molar-refractivity contribution in [2.24, 2.45) is 0 Å². The molecule has 0 bridgehead atoms. The predicted molar refractivity (Wildman–Crippen MR) is 116 cm³/mol. The molecule has 1 saturated heterocycles. The van der Waals surface area contributed by atoms with Crippen molar-refractivity contribution in [2.75, 3.05) is 31.3 Å². The van der Waals surface area contributed by atoms with Crippen molar-refractivity contribution in [3.63, 3.8) is 0 Å². The molecular weight excluding hydrogens is 384 g/mol. The Balaban J connectivity index is 1.40. The molecule has 4 rings (SSSR count). The number of ether oxygens (including phenoxy) is 1. The summed E-state index contributed by atoms with van der Waals surface area (Å²) < 4.78 is 8.04. The van der Waals surface area contributed by atoms with Crippen LogP contribution in [0.1, 0.15) is 22.9 Å². The highest BCUT2D eigenvalue weighted by atomic mass is 32.2. The number of aromatic nitrogens is 4. The average Bonchev–Trinajstić information content (AvgIpc) is 3.36. The molecule has 1 N–H and O–H groups in total. The Labute approximate surface area is 175 Å². The van der Waals surface area contributed by atoms with Crippen LogP contribution in [0.5, 0.6) is 0 Å². The van der Waals surface area contributed by atoms with Gasteiger partial charge >= 0.3 is 0 Å². The third-order valence-corrected chi connectivity index (χ3v) is 6.11. The van der Waals surface area contributed by atoms with E-state index in [1.54, 1.807) is 11.8 Å². The largest absolute Gasteiger partial charge is 0.378 e. The van der Waals surface area contributed by atoms with Gasteiger partial charge in [-0.25, -0.2) is 0 Å². The molecule has 7 nitrogen and oxygen atoms in total. The molecule has 3 aromatic rings. The van der Waals surface area contributed by atoms with E-state index < -0.39 is 0 Å². The lowest BCUT2D eigenvalue weighted by molar-refractivity contribution is 0.0534. The van der Waals surface area contributed by atoms with Gasteiger partial charge in [-0.3, -0.25) is 5.32 Å². The first-order chi connectivity index (χ1) is 14.0. The number of rotatable bonds is 6. The topological polar surface area (TPSA) is 68.1 Å². The van der Waals surface area contributed by atoms with Crippen LogP contribution in [0.3, 0.4) is 0 Å². The molecular formula is C21H26N6OS. The van der Waals surface area contributed by atoms with Crippen LogP contribution in [0.4, 0.5) is 5.69 Å². The van der Waals surface area contributed by atoms with Gasteiger partial charge in [0.05, 0.1) is 11.8 Å².